The highest BCUT2D eigenvalue weighted by molar-refractivity contribution is 6.33. The van der Waals surface area contributed by atoms with Crippen LogP contribution in [0, 0.1) is 11.8 Å². The lowest BCUT2D eigenvalue weighted by Crippen LogP contribution is -2.52. The highest BCUT2D eigenvalue weighted by Crippen LogP contribution is 2.16. The van der Waals surface area contributed by atoms with Gasteiger partial charge in [0.05, 0.1) is 17.2 Å². The van der Waals surface area contributed by atoms with E-state index in [1.807, 2.05) is 13.8 Å². The molecule has 1 rings (SSSR count). The van der Waals surface area contributed by atoms with Crippen LogP contribution >= 0.6 is 11.6 Å². The Morgan fingerprint density at radius 3 is 2.36 bits per heavy atom. The first-order chi connectivity index (χ1) is 11.8. The van der Waals surface area contributed by atoms with Gasteiger partial charge in [-0.2, -0.15) is 0 Å². The molecule has 0 heterocycles. The van der Waals surface area contributed by atoms with Gasteiger partial charge in [0.1, 0.15) is 6.04 Å². The predicted molar refractivity (Wildman–Crippen MR) is 101 cm³/mol. The molecule has 0 aliphatic carbocycles. The minimum atomic E-state index is -0.612. The van der Waals surface area contributed by atoms with E-state index in [0.717, 1.165) is 0 Å². The zero-order chi connectivity index (χ0) is 19.0. The number of rotatable bonds is 9. The lowest BCUT2D eigenvalue weighted by Gasteiger charge is -2.31. The zero-order valence-electron chi connectivity index (χ0n) is 15.7. The molecule has 2 amide bonds. The average molecular weight is 369 g/mol. The van der Waals surface area contributed by atoms with Crippen LogP contribution in [0.2, 0.25) is 5.02 Å². The summed E-state index contributed by atoms with van der Waals surface area (Å²) in [6.07, 6.45) is 0. The van der Waals surface area contributed by atoms with Crippen molar-refractivity contribution in [3.05, 3.63) is 34.9 Å². The number of carbonyl (C=O) groups is 2. The van der Waals surface area contributed by atoms with Crippen molar-refractivity contribution in [2.24, 2.45) is 11.8 Å². The molecule has 1 atom stereocenters. The van der Waals surface area contributed by atoms with Gasteiger partial charge in [0.2, 0.25) is 5.91 Å². The lowest BCUT2D eigenvalue weighted by atomic mass is 10.0. The van der Waals surface area contributed by atoms with E-state index in [1.54, 1.807) is 36.3 Å². The second-order valence-corrected chi connectivity index (χ2v) is 7.25. The number of hydrogen-bond acceptors (Lipinski definition) is 3. The van der Waals surface area contributed by atoms with E-state index in [1.165, 1.54) is 0 Å². The van der Waals surface area contributed by atoms with E-state index in [-0.39, 0.29) is 17.7 Å². The summed E-state index contributed by atoms with van der Waals surface area (Å²) in [5.74, 6) is -0.154. The second kappa shape index (κ2) is 10.4. The van der Waals surface area contributed by atoms with Gasteiger partial charge in [-0.25, -0.2) is 0 Å². The molecular weight excluding hydrogens is 340 g/mol. The molecule has 6 heteroatoms. The van der Waals surface area contributed by atoms with Crippen molar-refractivity contribution in [3.8, 4) is 0 Å². The number of benzene rings is 1. The first-order valence-corrected chi connectivity index (χ1v) is 8.98. The number of halogens is 1. The second-order valence-electron chi connectivity index (χ2n) is 6.85. The van der Waals surface area contributed by atoms with E-state index < -0.39 is 6.04 Å². The zero-order valence-corrected chi connectivity index (χ0v) is 16.5. The fraction of sp³-hybridized carbons (Fsp3) is 0.579. The highest BCUT2D eigenvalue weighted by Gasteiger charge is 2.29. The number of ether oxygens (including phenoxy) is 1. The molecule has 0 aromatic heterocycles. The van der Waals surface area contributed by atoms with Crippen molar-refractivity contribution in [3.63, 3.8) is 0 Å². The normalized spacial score (nSPS) is 12.3. The quantitative estimate of drug-likeness (QED) is 0.728. The SMILES string of the molecule is COCCN(CC(C)C)C(=O)C(NC(=O)c1ccccc1Cl)C(C)C. The summed E-state index contributed by atoms with van der Waals surface area (Å²) in [5, 5.41) is 3.22. The summed E-state index contributed by atoms with van der Waals surface area (Å²) in [6.45, 7) is 9.52. The number of amides is 2. The third-order valence-corrected chi connectivity index (χ3v) is 4.13. The Kier molecular flexibility index (Phi) is 8.93. The fourth-order valence-corrected chi connectivity index (χ4v) is 2.73. The number of methoxy groups -OCH3 is 1. The number of carbonyl (C=O) groups excluding carboxylic acids is 2. The predicted octanol–water partition coefficient (Wildman–Crippen LogP) is 3.23. The van der Waals surface area contributed by atoms with Gasteiger partial charge in [0.15, 0.2) is 0 Å². The molecular formula is C19H29ClN2O3. The van der Waals surface area contributed by atoms with Crippen molar-refractivity contribution >= 4 is 23.4 Å². The molecule has 0 saturated heterocycles. The number of nitrogens with zero attached hydrogens (tertiary/aromatic N) is 1. The van der Waals surface area contributed by atoms with Crippen LogP contribution in [0.5, 0.6) is 0 Å². The summed E-state index contributed by atoms with van der Waals surface area (Å²) >= 11 is 6.09. The Hall–Kier alpha value is -1.59. The van der Waals surface area contributed by atoms with Crippen molar-refractivity contribution < 1.29 is 14.3 Å². The molecule has 1 N–H and O–H groups in total. The molecule has 1 aromatic carbocycles. The van der Waals surface area contributed by atoms with Crippen LogP contribution in [0.4, 0.5) is 0 Å². The molecule has 0 bridgehead atoms. The van der Waals surface area contributed by atoms with Gasteiger partial charge in [-0.3, -0.25) is 9.59 Å². The number of hydrogen-bond donors (Lipinski definition) is 1. The Morgan fingerprint density at radius 1 is 1.20 bits per heavy atom. The molecule has 1 aromatic rings. The van der Waals surface area contributed by atoms with Crippen molar-refractivity contribution in [2.75, 3.05) is 26.8 Å². The van der Waals surface area contributed by atoms with Crippen LogP contribution < -0.4 is 5.32 Å². The Morgan fingerprint density at radius 2 is 1.84 bits per heavy atom. The largest absolute Gasteiger partial charge is 0.383 e. The molecule has 140 valence electrons. The summed E-state index contributed by atoms with van der Waals surface area (Å²) < 4.78 is 5.11. The lowest BCUT2D eigenvalue weighted by molar-refractivity contribution is -0.135. The fourth-order valence-electron chi connectivity index (χ4n) is 2.51. The molecule has 1 unspecified atom stereocenters. The number of nitrogens with one attached hydrogen (secondary N) is 1. The summed E-state index contributed by atoms with van der Waals surface area (Å²) in [7, 11) is 1.61. The van der Waals surface area contributed by atoms with Crippen molar-refractivity contribution in [2.45, 2.75) is 33.7 Å². The van der Waals surface area contributed by atoms with E-state index in [9.17, 15) is 9.59 Å². The highest BCUT2D eigenvalue weighted by atomic mass is 35.5. The van der Waals surface area contributed by atoms with E-state index in [4.69, 9.17) is 16.3 Å². The molecule has 0 saturated carbocycles. The molecule has 5 nitrogen and oxygen atoms in total. The van der Waals surface area contributed by atoms with Crippen LogP contribution in [0.3, 0.4) is 0 Å². The Bertz CT molecular complexity index is 576. The first-order valence-electron chi connectivity index (χ1n) is 8.61. The standard InChI is InChI=1S/C19H29ClN2O3/c1-13(2)12-22(10-11-25-5)19(24)17(14(3)4)21-18(23)15-8-6-7-9-16(15)20/h6-9,13-14,17H,10-12H2,1-5H3,(H,21,23). The monoisotopic (exact) mass is 368 g/mol. The summed E-state index contributed by atoms with van der Waals surface area (Å²) in [6, 6.07) is 6.21. The topological polar surface area (TPSA) is 58.6 Å². The maximum absolute atomic E-state index is 13.0. The first kappa shape index (κ1) is 21.5. The minimum Gasteiger partial charge on any atom is -0.383 e. The van der Waals surface area contributed by atoms with Gasteiger partial charge in [-0.1, -0.05) is 51.4 Å². The van der Waals surface area contributed by atoms with Crippen molar-refractivity contribution in [1.82, 2.24) is 10.2 Å². The van der Waals surface area contributed by atoms with Gasteiger partial charge < -0.3 is 15.0 Å². The van der Waals surface area contributed by atoms with E-state index in [0.29, 0.717) is 36.2 Å². The van der Waals surface area contributed by atoms with Gasteiger partial charge >= 0.3 is 0 Å². The molecule has 0 fully saturated rings. The van der Waals surface area contributed by atoms with E-state index in [2.05, 4.69) is 19.2 Å². The Balaban J connectivity index is 2.94. The molecule has 0 radical (unpaired) electrons. The van der Waals surface area contributed by atoms with Crippen LogP contribution in [-0.4, -0.2) is 49.6 Å². The summed E-state index contributed by atoms with van der Waals surface area (Å²) in [5.41, 5.74) is 0.370. The van der Waals surface area contributed by atoms with Gasteiger partial charge in [-0.05, 0) is 24.0 Å². The van der Waals surface area contributed by atoms with Crippen LogP contribution in [0.15, 0.2) is 24.3 Å². The smallest absolute Gasteiger partial charge is 0.253 e. The maximum atomic E-state index is 13.0. The van der Waals surface area contributed by atoms with Crippen molar-refractivity contribution in [1.29, 1.82) is 0 Å². The third-order valence-electron chi connectivity index (χ3n) is 3.80. The van der Waals surface area contributed by atoms with Gasteiger partial charge in [0, 0.05) is 20.2 Å². The molecule has 0 aliphatic heterocycles. The maximum Gasteiger partial charge on any atom is 0.253 e. The van der Waals surface area contributed by atoms with Gasteiger partial charge in [-0.15, -0.1) is 0 Å². The Labute approximate surface area is 155 Å². The van der Waals surface area contributed by atoms with Crippen LogP contribution in [0.1, 0.15) is 38.1 Å². The average Bonchev–Trinajstić information content (AvgIpc) is 2.55. The molecule has 0 spiro atoms. The third kappa shape index (κ3) is 6.67. The molecule has 25 heavy (non-hydrogen) atoms. The van der Waals surface area contributed by atoms with Gasteiger partial charge in [0.25, 0.3) is 5.91 Å². The summed E-state index contributed by atoms with van der Waals surface area (Å²) in [4.78, 5) is 27.3. The molecule has 0 aliphatic rings. The minimum absolute atomic E-state index is 0.0452. The van der Waals surface area contributed by atoms with Crippen LogP contribution in [0.25, 0.3) is 0 Å². The van der Waals surface area contributed by atoms with Crippen LogP contribution in [-0.2, 0) is 9.53 Å². The van der Waals surface area contributed by atoms with E-state index >= 15 is 0 Å².